The van der Waals surface area contributed by atoms with Gasteiger partial charge in [-0.2, -0.15) is 0 Å². The summed E-state index contributed by atoms with van der Waals surface area (Å²) in [5.74, 6) is 3.93. The Morgan fingerprint density at radius 2 is 0.593 bits per heavy atom. The molecule has 9 nitrogen and oxygen atoms in total. The molecule has 0 unspecified atom stereocenters. The van der Waals surface area contributed by atoms with E-state index in [1.54, 1.807) is 36.4 Å². The number of fused-ring (bicyclic) bond motifs is 3. The van der Waals surface area contributed by atoms with E-state index in [1.807, 2.05) is 91.0 Å². The molecule has 9 rings (SSSR count). The van der Waals surface area contributed by atoms with Crippen molar-refractivity contribution in [3.05, 3.63) is 163 Å². The fourth-order valence-corrected chi connectivity index (χ4v) is 6.61. The Morgan fingerprint density at radius 3 is 0.833 bits per heavy atom. The van der Waals surface area contributed by atoms with Gasteiger partial charge >= 0.3 is 0 Å². The molecule has 3 N–H and O–H groups in total. The quantitative estimate of drug-likeness (QED) is 0.158. The van der Waals surface area contributed by atoms with E-state index in [0.717, 1.165) is 86.9 Å². The Bertz CT molecular complexity index is 2340. The zero-order valence-corrected chi connectivity index (χ0v) is 30.5. The van der Waals surface area contributed by atoms with Gasteiger partial charge in [-0.15, -0.1) is 0 Å². The molecule has 0 radical (unpaired) electrons. The van der Waals surface area contributed by atoms with Crippen LogP contribution in [0, 0.1) is 0 Å². The Kier molecular flexibility index (Phi) is 10.4. The molecule has 0 aliphatic heterocycles. The Labute approximate surface area is 313 Å². The number of para-hydroxylation sites is 6. The maximum Gasteiger partial charge on any atom is 0.115 e. The molecule has 0 saturated heterocycles. The van der Waals surface area contributed by atoms with Crippen LogP contribution in [0.5, 0.6) is 17.2 Å². The van der Waals surface area contributed by atoms with Gasteiger partial charge in [-0.3, -0.25) is 13.7 Å². The molecule has 0 amide bonds. The molecule has 9 heteroatoms. The van der Waals surface area contributed by atoms with E-state index in [-0.39, 0.29) is 17.2 Å². The van der Waals surface area contributed by atoms with E-state index in [0.29, 0.717) is 0 Å². The van der Waals surface area contributed by atoms with Gasteiger partial charge in [0.25, 0.3) is 0 Å². The topological polar surface area (TPSA) is 114 Å². The number of hydrogen-bond acceptors (Lipinski definition) is 6. The van der Waals surface area contributed by atoms with Gasteiger partial charge in [-0.25, -0.2) is 15.0 Å². The molecular formula is C45H42N6O3. The number of imidazole rings is 3. The maximum absolute atomic E-state index is 9.37. The average molecular weight is 715 g/mol. The number of aryl methyl sites for hydroxylation is 3. The molecule has 270 valence electrons. The van der Waals surface area contributed by atoms with E-state index >= 15 is 0 Å². The van der Waals surface area contributed by atoms with Crippen LogP contribution in [0.3, 0.4) is 0 Å². The third kappa shape index (κ3) is 7.25. The standard InChI is InChI=1S/3C15H14N2O/c3*1-2-15-16-13-5-3-4-6-14(13)17(15)11-7-9-12(18)10-8-11/h3*3-10,18H,2H2,1H3. The van der Waals surface area contributed by atoms with Crippen molar-refractivity contribution in [2.75, 3.05) is 0 Å². The first-order chi connectivity index (χ1) is 26.4. The van der Waals surface area contributed by atoms with Gasteiger partial charge in [-0.05, 0) is 109 Å². The Balaban J connectivity index is 0.000000125. The van der Waals surface area contributed by atoms with Crippen LogP contribution in [0.4, 0.5) is 0 Å². The van der Waals surface area contributed by atoms with Crippen LogP contribution in [0.25, 0.3) is 50.2 Å². The lowest BCUT2D eigenvalue weighted by atomic mass is 10.2. The second-order valence-electron chi connectivity index (χ2n) is 12.7. The molecule has 0 fully saturated rings. The minimum Gasteiger partial charge on any atom is -0.508 e. The largest absolute Gasteiger partial charge is 0.508 e. The number of nitrogens with zero attached hydrogens (tertiary/aromatic N) is 6. The number of hydrogen-bond donors (Lipinski definition) is 3. The van der Waals surface area contributed by atoms with Crippen LogP contribution in [-0.2, 0) is 19.3 Å². The summed E-state index contributed by atoms with van der Waals surface area (Å²) in [6.07, 6.45) is 2.61. The third-order valence-electron chi connectivity index (χ3n) is 9.16. The highest BCUT2D eigenvalue weighted by Gasteiger charge is 2.12. The van der Waals surface area contributed by atoms with Gasteiger partial charge < -0.3 is 15.3 Å². The third-order valence-corrected chi connectivity index (χ3v) is 9.16. The molecule has 3 aromatic heterocycles. The molecule has 6 aromatic carbocycles. The maximum atomic E-state index is 9.37. The molecule has 0 bridgehead atoms. The predicted molar refractivity (Wildman–Crippen MR) is 216 cm³/mol. The molecule has 0 aliphatic rings. The first kappa shape index (κ1) is 35.5. The number of aromatic hydroxyl groups is 3. The average Bonchev–Trinajstić information content (AvgIpc) is 3.91. The lowest BCUT2D eigenvalue weighted by molar-refractivity contribution is 0.474. The highest BCUT2D eigenvalue weighted by molar-refractivity contribution is 5.80. The van der Waals surface area contributed by atoms with Crippen molar-refractivity contribution in [2.45, 2.75) is 40.0 Å². The molecule has 0 saturated carbocycles. The number of aromatic nitrogens is 6. The first-order valence-corrected chi connectivity index (χ1v) is 18.2. The number of benzene rings is 6. The summed E-state index contributed by atoms with van der Waals surface area (Å²) >= 11 is 0. The van der Waals surface area contributed by atoms with Gasteiger partial charge in [-0.1, -0.05) is 57.2 Å². The van der Waals surface area contributed by atoms with Crippen molar-refractivity contribution < 1.29 is 15.3 Å². The number of phenols is 3. The summed E-state index contributed by atoms with van der Waals surface area (Å²) < 4.78 is 6.40. The van der Waals surface area contributed by atoms with Crippen molar-refractivity contribution in [1.29, 1.82) is 0 Å². The summed E-state index contributed by atoms with van der Waals surface area (Å²) in [5.41, 5.74) is 9.38. The van der Waals surface area contributed by atoms with Gasteiger partial charge in [0, 0.05) is 36.3 Å². The zero-order chi connectivity index (χ0) is 37.6. The molecule has 0 atom stereocenters. The van der Waals surface area contributed by atoms with Crippen LogP contribution in [0.15, 0.2) is 146 Å². The monoisotopic (exact) mass is 714 g/mol. The van der Waals surface area contributed by atoms with E-state index in [2.05, 4.69) is 67.6 Å². The fraction of sp³-hybridized carbons (Fsp3) is 0.133. The molecule has 0 aliphatic carbocycles. The second kappa shape index (κ2) is 15.8. The minimum atomic E-state index is 0.279. The van der Waals surface area contributed by atoms with Crippen LogP contribution < -0.4 is 0 Å². The first-order valence-electron chi connectivity index (χ1n) is 18.2. The van der Waals surface area contributed by atoms with E-state index in [1.165, 1.54) is 0 Å². The zero-order valence-electron chi connectivity index (χ0n) is 30.5. The number of rotatable bonds is 6. The normalized spacial score (nSPS) is 10.9. The Hall–Kier alpha value is -6.87. The fourth-order valence-electron chi connectivity index (χ4n) is 6.61. The van der Waals surface area contributed by atoms with Crippen LogP contribution in [0.2, 0.25) is 0 Å². The minimum absolute atomic E-state index is 0.279. The van der Waals surface area contributed by atoms with Crippen LogP contribution in [0.1, 0.15) is 38.2 Å². The van der Waals surface area contributed by atoms with Gasteiger partial charge in [0.05, 0.1) is 33.1 Å². The smallest absolute Gasteiger partial charge is 0.115 e. The van der Waals surface area contributed by atoms with E-state index in [4.69, 9.17) is 0 Å². The van der Waals surface area contributed by atoms with Crippen LogP contribution in [-0.4, -0.2) is 44.0 Å². The molecule has 3 heterocycles. The van der Waals surface area contributed by atoms with Crippen molar-refractivity contribution in [3.8, 4) is 34.3 Å². The van der Waals surface area contributed by atoms with Crippen LogP contribution >= 0.6 is 0 Å². The highest BCUT2D eigenvalue weighted by atomic mass is 16.3. The van der Waals surface area contributed by atoms with E-state index < -0.39 is 0 Å². The van der Waals surface area contributed by atoms with Crippen molar-refractivity contribution >= 4 is 33.1 Å². The number of phenolic OH excluding ortho intramolecular Hbond substituents is 3. The van der Waals surface area contributed by atoms with Crippen molar-refractivity contribution in [2.24, 2.45) is 0 Å². The summed E-state index contributed by atoms with van der Waals surface area (Å²) in [6, 6.07) is 45.9. The summed E-state index contributed by atoms with van der Waals surface area (Å²) in [7, 11) is 0. The van der Waals surface area contributed by atoms with Gasteiger partial charge in [0.1, 0.15) is 34.7 Å². The molecular weight excluding hydrogens is 673 g/mol. The lowest BCUT2D eigenvalue weighted by Gasteiger charge is -2.08. The summed E-state index contributed by atoms with van der Waals surface area (Å²) in [6.45, 7) is 6.29. The highest BCUT2D eigenvalue weighted by Crippen LogP contribution is 2.26. The predicted octanol–water partition coefficient (Wildman–Crippen LogP) is 9.88. The van der Waals surface area contributed by atoms with Gasteiger partial charge in [0.2, 0.25) is 0 Å². The molecule has 9 aromatic rings. The summed E-state index contributed by atoms with van der Waals surface area (Å²) in [4.78, 5) is 13.9. The van der Waals surface area contributed by atoms with Gasteiger partial charge in [0.15, 0.2) is 0 Å². The van der Waals surface area contributed by atoms with Crippen molar-refractivity contribution in [1.82, 2.24) is 28.7 Å². The van der Waals surface area contributed by atoms with Crippen molar-refractivity contribution in [3.63, 3.8) is 0 Å². The molecule has 0 spiro atoms. The second-order valence-corrected chi connectivity index (χ2v) is 12.7. The SMILES string of the molecule is CCc1nc2ccccc2n1-c1ccc(O)cc1.CCc1nc2ccccc2n1-c1ccc(O)cc1.CCc1nc2ccccc2n1-c1ccc(O)cc1. The lowest BCUT2D eigenvalue weighted by Crippen LogP contribution is -1.99. The van der Waals surface area contributed by atoms with E-state index in [9.17, 15) is 15.3 Å². The molecule has 54 heavy (non-hydrogen) atoms. The Morgan fingerprint density at radius 1 is 0.352 bits per heavy atom. The summed E-state index contributed by atoms with van der Waals surface area (Å²) in [5, 5.41) is 28.1.